The van der Waals surface area contributed by atoms with Crippen LogP contribution in [0.5, 0.6) is 0 Å². The van der Waals surface area contributed by atoms with E-state index in [4.69, 9.17) is 9.26 Å². The van der Waals surface area contributed by atoms with Gasteiger partial charge in [0.15, 0.2) is 0 Å². The lowest BCUT2D eigenvalue weighted by Crippen LogP contribution is -2.34. The predicted molar refractivity (Wildman–Crippen MR) is 124 cm³/mol. The molecule has 1 aliphatic carbocycles. The summed E-state index contributed by atoms with van der Waals surface area (Å²) in [5.41, 5.74) is 6.47. The van der Waals surface area contributed by atoms with Crippen molar-refractivity contribution in [2.24, 2.45) is 5.41 Å². The van der Waals surface area contributed by atoms with Crippen LogP contribution in [0.1, 0.15) is 52.4 Å². The molecule has 1 N–H and O–H groups in total. The quantitative estimate of drug-likeness (QED) is 0.614. The number of likely N-dealkylation sites (tertiary alicyclic amines) is 1. The number of hydrogen-bond acceptors (Lipinski definition) is 5. The van der Waals surface area contributed by atoms with Crippen molar-refractivity contribution in [1.82, 2.24) is 10.3 Å². The minimum absolute atomic E-state index is 0.00922. The minimum atomic E-state index is -3.35. The lowest BCUT2D eigenvalue weighted by atomic mass is 9.82. The van der Waals surface area contributed by atoms with E-state index in [2.05, 4.69) is 30.2 Å². The highest BCUT2D eigenvalue weighted by atomic mass is 31.2. The number of para-hydroxylation sites is 1. The van der Waals surface area contributed by atoms with Gasteiger partial charge in [-0.15, -0.1) is 0 Å². The summed E-state index contributed by atoms with van der Waals surface area (Å²) in [4.78, 5) is 2.46. The molecule has 0 bridgehead atoms. The highest BCUT2D eigenvalue weighted by molar-refractivity contribution is 7.65. The standard InChI is InChI=1S/C24H34N3O3P/c1-24(2)16-21-23(22(17-24)26-13-7-4-8-14-26)31(28,30-18-20-12-9-15-29-20)27(25-21)19-10-5-3-6-11-19/h3,5-6,10-11,16,20,25H,4,7-9,12-15,17-18H2,1-2H3/t20-,31+/m1/s1. The maximum Gasteiger partial charge on any atom is 0.348 e. The van der Waals surface area contributed by atoms with Gasteiger partial charge in [-0.1, -0.05) is 38.1 Å². The van der Waals surface area contributed by atoms with E-state index in [1.165, 1.54) is 25.0 Å². The molecule has 5 rings (SSSR count). The highest BCUT2D eigenvalue weighted by Crippen LogP contribution is 2.68. The molecule has 3 aliphatic heterocycles. The maximum atomic E-state index is 14.8. The molecule has 1 aromatic rings. The van der Waals surface area contributed by atoms with Gasteiger partial charge in [0.25, 0.3) is 0 Å². The van der Waals surface area contributed by atoms with Crippen LogP contribution >= 0.6 is 7.52 Å². The Hall–Kier alpha value is -1.75. The van der Waals surface area contributed by atoms with Gasteiger partial charge in [0, 0.05) is 25.4 Å². The summed E-state index contributed by atoms with van der Waals surface area (Å²) in [7, 11) is -3.35. The molecule has 3 heterocycles. The van der Waals surface area contributed by atoms with Crippen LogP contribution < -0.4 is 10.2 Å². The molecule has 2 atom stereocenters. The van der Waals surface area contributed by atoms with E-state index in [9.17, 15) is 4.57 Å². The summed E-state index contributed by atoms with van der Waals surface area (Å²) in [6.45, 7) is 7.69. The fourth-order valence-corrected chi connectivity index (χ4v) is 7.61. The van der Waals surface area contributed by atoms with Crippen LogP contribution in [0.3, 0.4) is 0 Å². The fourth-order valence-electron chi connectivity index (χ4n) is 5.15. The molecule has 3 fully saturated rings. The number of anilines is 1. The number of nitrogens with zero attached hydrogens (tertiary/aromatic N) is 2. The Morgan fingerprint density at radius 3 is 2.65 bits per heavy atom. The van der Waals surface area contributed by atoms with Gasteiger partial charge in [-0.05, 0) is 56.1 Å². The fraction of sp³-hybridized carbons (Fsp3) is 0.583. The van der Waals surface area contributed by atoms with Crippen LogP contribution in [0, 0.1) is 5.41 Å². The Morgan fingerprint density at radius 1 is 1.16 bits per heavy atom. The van der Waals surface area contributed by atoms with Crippen molar-refractivity contribution >= 4 is 13.2 Å². The zero-order valence-electron chi connectivity index (χ0n) is 18.7. The van der Waals surface area contributed by atoms with Gasteiger partial charge in [-0.2, -0.15) is 0 Å². The lowest BCUT2D eigenvalue weighted by molar-refractivity contribution is 0.0692. The molecule has 0 radical (unpaired) electrons. The van der Waals surface area contributed by atoms with E-state index < -0.39 is 7.52 Å². The monoisotopic (exact) mass is 443 g/mol. The Bertz CT molecular complexity index is 915. The molecule has 0 saturated carbocycles. The summed E-state index contributed by atoms with van der Waals surface area (Å²) >= 11 is 0. The smallest absolute Gasteiger partial charge is 0.348 e. The summed E-state index contributed by atoms with van der Waals surface area (Å²) < 4.78 is 28.7. The molecule has 0 aromatic heterocycles. The van der Waals surface area contributed by atoms with E-state index in [1.807, 2.05) is 30.3 Å². The third-order valence-corrected chi connectivity index (χ3v) is 9.08. The molecular weight excluding hydrogens is 409 g/mol. The average Bonchev–Trinajstić information content (AvgIpc) is 3.39. The van der Waals surface area contributed by atoms with E-state index in [0.717, 1.165) is 55.7 Å². The van der Waals surface area contributed by atoms with Crippen molar-refractivity contribution in [3.8, 4) is 0 Å². The number of benzene rings is 1. The molecule has 4 aliphatic rings. The zero-order valence-corrected chi connectivity index (χ0v) is 19.6. The molecule has 168 valence electrons. The van der Waals surface area contributed by atoms with Crippen LogP contribution in [-0.4, -0.2) is 37.3 Å². The van der Waals surface area contributed by atoms with Crippen LogP contribution in [-0.2, 0) is 13.8 Å². The molecule has 6 nitrogen and oxygen atoms in total. The number of fused-ring (bicyclic) bond motifs is 1. The average molecular weight is 444 g/mol. The van der Waals surface area contributed by atoms with Crippen LogP contribution in [0.15, 0.2) is 53.1 Å². The normalized spacial score (nSPS) is 30.3. The van der Waals surface area contributed by atoms with Crippen molar-refractivity contribution in [3.63, 3.8) is 0 Å². The third kappa shape index (κ3) is 4.06. The molecule has 3 saturated heterocycles. The second kappa shape index (κ2) is 8.31. The van der Waals surface area contributed by atoms with Gasteiger partial charge in [0.05, 0.1) is 24.1 Å². The summed E-state index contributed by atoms with van der Waals surface area (Å²) in [5, 5.41) is 0.871. The summed E-state index contributed by atoms with van der Waals surface area (Å²) in [6, 6.07) is 9.90. The number of nitrogens with one attached hydrogen (secondary N) is 1. The summed E-state index contributed by atoms with van der Waals surface area (Å²) in [5.74, 6) is 0. The second-order valence-electron chi connectivity index (χ2n) is 9.78. The first-order valence-electron chi connectivity index (χ1n) is 11.7. The number of piperidine rings is 1. The Morgan fingerprint density at radius 2 is 1.94 bits per heavy atom. The molecular formula is C24H34N3O3P. The topological polar surface area (TPSA) is 54.0 Å². The van der Waals surface area contributed by atoms with E-state index in [1.54, 1.807) is 4.78 Å². The number of rotatable bonds is 5. The van der Waals surface area contributed by atoms with Crippen LogP contribution in [0.25, 0.3) is 0 Å². The first-order valence-corrected chi connectivity index (χ1v) is 13.2. The van der Waals surface area contributed by atoms with E-state index in [0.29, 0.717) is 6.61 Å². The molecule has 0 spiro atoms. The Kier molecular flexibility index (Phi) is 5.66. The van der Waals surface area contributed by atoms with Gasteiger partial charge in [0.1, 0.15) is 5.31 Å². The first-order chi connectivity index (χ1) is 15.0. The molecule has 0 unspecified atom stereocenters. The maximum absolute atomic E-state index is 14.8. The molecule has 0 amide bonds. The number of hydrogen-bond donors (Lipinski definition) is 1. The highest BCUT2D eigenvalue weighted by Gasteiger charge is 2.51. The van der Waals surface area contributed by atoms with Crippen molar-refractivity contribution in [1.29, 1.82) is 0 Å². The van der Waals surface area contributed by atoms with E-state index in [-0.39, 0.29) is 11.5 Å². The molecule has 1 aromatic carbocycles. The van der Waals surface area contributed by atoms with Gasteiger partial charge in [0.2, 0.25) is 0 Å². The van der Waals surface area contributed by atoms with Gasteiger partial charge in [-0.25, -0.2) is 4.78 Å². The molecule has 7 heteroatoms. The minimum Gasteiger partial charge on any atom is -0.376 e. The third-order valence-electron chi connectivity index (χ3n) is 6.66. The van der Waals surface area contributed by atoms with Crippen molar-refractivity contribution < 1.29 is 13.8 Å². The van der Waals surface area contributed by atoms with Crippen molar-refractivity contribution in [3.05, 3.63) is 53.1 Å². The first kappa shape index (κ1) is 21.1. The zero-order chi connectivity index (χ0) is 21.5. The van der Waals surface area contributed by atoms with Crippen molar-refractivity contribution in [2.75, 3.05) is 31.1 Å². The summed E-state index contributed by atoms with van der Waals surface area (Å²) in [6.07, 6.45) is 8.79. The van der Waals surface area contributed by atoms with Gasteiger partial charge >= 0.3 is 7.52 Å². The largest absolute Gasteiger partial charge is 0.376 e. The van der Waals surface area contributed by atoms with Crippen LogP contribution in [0.2, 0.25) is 0 Å². The lowest BCUT2D eigenvalue weighted by Gasteiger charge is -2.38. The number of allylic oxidation sites excluding steroid dienone is 3. The SMILES string of the molecule is CC1(C)C=C2NN(c3ccccc3)[P@@](=O)(OC[C@H]3CCCO3)C2=C(N2CCCCC2)C1. The van der Waals surface area contributed by atoms with Crippen molar-refractivity contribution in [2.45, 2.75) is 58.5 Å². The Balaban J connectivity index is 1.59. The second-order valence-corrected chi connectivity index (χ2v) is 11.9. The Labute approximate surface area is 185 Å². The predicted octanol–water partition coefficient (Wildman–Crippen LogP) is 5.41. The van der Waals surface area contributed by atoms with E-state index >= 15 is 0 Å². The van der Waals surface area contributed by atoms with Gasteiger partial charge in [-0.3, -0.25) is 9.99 Å². The number of hydrazine groups is 1. The number of ether oxygens (including phenoxy) is 1. The van der Waals surface area contributed by atoms with Gasteiger partial charge < -0.3 is 14.2 Å². The van der Waals surface area contributed by atoms with Crippen LogP contribution in [0.4, 0.5) is 5.69 Å². The molecule has 31 heavy (non-hydrogen) atoms.